The highest BCUT2D eigenvalue weighted by molar-refractivity contribution is 6.30. The van der Waals surface area contributed by atoms with E-state index in [0.717, 1.165) is 5.56 Å². The zero-order chi connectivity index (χ0) is 23.8. The number of hydrogen-bond acceptors (Lipinski definition) is 5. The minimum Gasteiger partial charge on any atom is -0.493 e. The number of ether oxygens (including phenoxy) is 2. The van der Waals surface area contributed by atoms with Crippen LogP contribution < -0.4 is 14.8 Å². The van der Waals surface area contributed by atoms with Gasteiger partial charge in [0, 0.05) is 5.02 Å². The highest BCUT2D eigenvalue weighted by Gasteiger charge is 2.15. The third-order valence-corrected chi connectivity index (χ3v) is 4.79. The van der Waals surface area contributed by atoms with Crippen molar-refractivity contribution >= 4 is 35.2 Å². The van der Waals surface area contributed by atoms with Crippen LogP contribution in [-0.4, -0.2) is 24.1 Å². The predicted molar refractivity (Wildman–Crippen MR) is 124 cm³/mol. The van der Waals surface area contributed by atoms with E-state index in [-0.39, 0.29) is 23.4 Å². The van der Waals surface area contributed by atoms with Crippen LogP contribution in [0.2, 0.25) is 5.02 Å². The number of nitrogens with one attached hydrogen (secondary N) is 1. The average molecular weight is 463 g/mol. The Hall–Kier alpha value is -4.28. The van der Waals surface area contributed by atoms with Crippen LogP contribution in [0.5, 0.6) is 11.5 Å². The number of methoxy groups -OCH3 is 1. The van der Waals surface area contributed by atoms with Crippen molar-refractivity contribution in [2.75, 3.05) is 12.4 Å². The zero-order valence-corrected chi connectivity index (χ0v) is 18.3. The lowest BCUT2D eigenvalue weighted by Gasteiger charge is -2.12. The molecule has 7 nitrogen and oxygen atoms in total. The van der Waals surface area contributed by atoms with Crippen molar-refractivity contribution in [1.29, 1.82) is 5.26 Å². The molecule has 0 bridgehead atoms. The molecule has 0 spiro atoms. The predicted octanol–water partition coefficient (Wildman–Crippen LogP) is 5.17. The van der Waals surface area contributed by atoms with Gasteiger partial charge in [0.05, 0.1) is 18.4 Å². The van der Waals surface area contributed by atoms with Gasteiger partial charge < -0.3 is 19.9 Å². The Morgan fingerprint density at radius 2 is 1.88 bits per heavy atom. The summed E-state index contributed by atoms with van der Waals surface area (Å²) in [5, 5.41) is 21.8. The van der Waals surface area contributed by atoms with Crippen LogP contribution in [0.15, 0.2) is 72.3 Å². The van der Waals surface area contributed by atoms with E-state index >= 15 is 0 Å². The third kappa shape index (κ3) is 6.12. The Morgan fingerprint density at radius 1 is 1.09 bits per heavy atom. The van der Waals surface area contributed by atoms with E-state index in [1.807, 2.05) is 18.2 Å². The smallest absolute Gasteiger partial charge is 0.337 e. The quantitative estimate of drug-likeness (QED) is 0.353. The van der Waals surface area contributed by atoms with Crippen LogP contribution in [0.25, 0.3) is 6.08 Å². The minimum atomic E-state index is -1.19. The average Bonchev–Trinajstić information content (AvgIpc) is 2.81. The number of nitrogens with zero attached hydrogens (tertiary/aromatic N) is 1. The van der Waals surface area contributed by atoms with E-state index in [2.05, 4.69) is 5.32 Å². The number of hydrogen-bond donors (Lipinski definition) is 2. The minimum absolute atomic E-state index is 0.0778. The van der Waals surface area contributed by atoms with Crippen molar-refractivity contribution in [2.45, 2.75) is 6.61 Å². The summed E-state index contributed by atoms with van der Waals surface area (Å²) >= 11 is 5.99. The number of nitriles is 1. The second-order valence-corrected chi connectivity index (χ2v) is 7.24. The molecule has 0 aromatic heterocycles. The zero-order valence-electron chi connectivity index (χ0n) is 17.5. The number of carboxylic acid groups (broad SMARTS) is 1. The van der Waals surface area contributed by atoms with Crippen LogP contribution in [0.4, 0.5) is 5.69 Å². The molecule has 0 atom stereocenters. The topological polar surface area (TPSA) is 109 Å². The van der Waals surface area contributed by atoms with Crippen molar-refractivity contribution < 1.29 is 24.2 Å². The fraction of sp³-hybridized carbons (Fsp3) is 0.0800. The lowest BCUT2D eigenvalue weighted by atomic mass is 10.1. The van der Waals surface area contributed by atoms with Crippen molar-refractivity contribution in [3.63, 3.8) is 0 Å². The maximum atomic E-state index is 12.6. The highest BCUT2D eigenvalue weighted by Crippen LogP contribution is 2.30. The first-order valence-corrected chi connectivity index (χ1v) is 10.1. The van der Waals surface area contributed by atoms with Gasteiger partial charge in [0.1, 0.15) is 18.2 Å². The van der Waals surface area contributed by atoms with Crippen molar-refractivity contribution in [3.05, 3.63) is 94.0 Å². The fourth-order valence-electron chi connectivity index (χ4n) is 2.96. The summed E-state index contributed by atoms with van der Waals surface area (Å²) < 4.78 is 11.2. The molecule has 0 unspecified atom stereocenters. The van der Waals surface area contributed by atoms with Crippen LogP contribution in [-0.2, 0) is 11.4 Å². The first-order chi connectivity index (χ1) is 15.9. The normalized spacial score (nSPS) is 10.8. The summed E-state index contributed by atoms with van der Waals surface area (Å²) in [6, 6.07) is 20.0. The molecular weight excluding hydrogens is 444 g/mol. The molecule has 3 aromatic rings. The van der Waals surface area contributed by atoms with Gasteiger partial charge in [-0.2, -0.15) is 5.26 Å². The van der Waals surface area contributed by atoms with Crippen molar-refractivity contribution in [3.8, 4) is 17.6 Å². The molecular formula is C25H19ClN2O5. The van der Waals surface area contributed by atoms with Crippen molar-refractivity contribution in [2.24, 2.45) is 0 Å². The Labute approximate surface area is 195 Å². The highest BCUT2D eigenvalue weighted by atomic mass is 35.5. The number of halogens is 1. The van der Waals surface area contributed by atoms with Gasteiger partial charge in [-0.3, -0.25) is 4.79 Å². The van der Waals surface area contributed by atoms with E-state index in [4.69, 9.17) is 21.1 Å². The van der Waals surface area contributed by atoms with Gasteiger partial charge in [-0.25, -0.2) is 4.79 Å². The molecule has 1 amide bonds. The Morgan fingerprint density at radius 3 is 2.58 bits per heavy atom. The number of carboxylic acids is 1. The Balaban J connectivity index is 1.78. The Bertz CT molecular complexity index is 1260. The molecule has 0 aliphatic rings. The van der Waals surface area contributed by atoms with Gasteiger partial charge in [-0.15, -0.1) is 0 Å². The van der Waals surface area contributed by atoms with Gasteiger partial charge in [-0.05, 0) is 53.6 Å². The standard InChI is InChI=1S/C25H19ClN2O5/c1-32-23-13-16(9-10-22(23)33-15-17-5-4-6-19(26)12-17)11-18(14-27)24(29)28-21-8-3-2-7-20(21)25(30)31/h2-13H,15H2,1H3,(H,28,29)(H,30,31)/b18-11+. The van der Waals surface area contributed by atoms with Gasteiger partial charge in [0.2, 0.25) is 0 Å². The molecule has 0 saturated heterocycles. The second-order valence-electron chi connectivity index (χ2n) is 6.80. The van der Waals surface area contributed by atoms with E-state index in [9.17, 15) is 20.0 Å². The lowest BCUT2D eigenvalue weighted by Crippen LogP contribution is -2.16. The molecule has 33 heavy (non-hydrogen) atoms. The number of carbonyl (C=O) groups is 2. The summed E-state index contributed by atoms with van der Waals surface area (Å²) in [6.45, 7) is 0.279. The van der Waals surface area contributed by atoms with Gasteiger partial charge >= 0.3 is 5.97 Å². The molecule has 8 heteroatoms. The van der Waals surface area contributed by atoms with Crippen LogP contribution in [0, 0.1) is 11.3 Å². The number of para-hydroxylation sites is 1. The Kier molecular flexibility index (Phi) is 7.68. The molecule has 166 valence electrons. The maximum absolute atomic E-state index is 12.6. The number of rotatable bonds is 8. The molecule has 2 N–H and O–H groups in total. The van der Waals surface area contributed by atoms with Crippen LogP contribution in [0.3, 0.4) is 0 Å². The van der Waals surface area contributed by atoms with E-state index in [1.165, 1.54) is 25.3 Å². The summed E-state index contributed by atoms with van der Waals surface area (Å²) in [6.07, 6.45) is 1.38. The number of anilines is 1. The number of carbonyl (C=O) groups excluding carboxylic acids is 1. The van der Waals surface area contributed by atoms with E-state index < -0.39 is 11.9 Å². The number of benzene rings is 3. The molecule has 3 rings (SSSR count). The van der Waals surface area contributed by atoms with Crippen LogP contribution in [0.1, 0.15) is 21.5 Å². The SMILES string of the molecule is COc1cc(/C=C(\C#N)C(=O)Nc2ccccc2C(=O)O)ccc1OCc1cccc(Cl)c1. The van der Waals surface area contributed by atoms with E-state index in [0.29, 0.717) is 22.1 Å². The monoisotopic (exact) mass is 462 g/mol. The summed E-state index contributed by atoms with van der Waals surface area (Å²) in [5.41, 5.74) is 1.23. The fourth-order valence-corrected chi connectivity index (χ4v) is 3.18. The molecule has 0 aliphatic carbocycles. The summed E-state index contributed by atoms with van der Waals surface area (Å²) in [7, 11) is 1.48. The van der Waals surface area contributed by atoms with Gasteiger partial charge in [0.25, 0.3) is 5.91 Å². The molecule has 3 aromatic carbocycles. The first kappa shape index (κ1) is 23.4. The maximum Gasteiger partial charge on any atom is 0.337 e. The molecule has 0 aliphatic heterocycles. The van der Waals surface area contributed by atoms with Crippen molar-refractivity contribution in [1.82, 2.24) is 0 Å². The van der Waals surface area contributed by atoms with Crippen LogP contribution >= 0.6 is 11.6 Å². The molecule has 0 saturated carbocycles. The molecule has 0 fully saturated rings. The molecule has 0 radical (unpaired) electrons. The third-order valence-electron chi connectivity index (χ3n) is 4.55. The second kappa shape index (κ2) is 10.8. The molecule has 0 heterocycles. The summed E-state index contributed by atoms with van der Waals surface area (Å²) in [5.74, 6) is -1.02. The number of aromatic carboxylic acids is 1. The summed E-state index contributed by atoms with van der Waals surface area (Å²) in [4.78, 5) is 23.9. The first-order valence-electron chi connectivity index (χ1n) is 9.72. The van der Waals surface area contributed by atoms with Gasteiger partial charge in [-0.1, -0.05) is 41.9 Å². The van der Waals surface area contributed by atoms with Gasteiger partial charge in [0.15, 0.2) is 11.5 Å². The number of amides is 1. The van der Waals surface area contributed by atoms with E-state index in [1.54, 1.807) is 42.5 Å². The largest absolute Gasteiger partial charge is 0.493 e. The lowest BCUT2D eigenvalue weighted by molar-refractivity contribution is -0.112.